The molecule has 1 fully saturated rings. The van der Waals surface area contributed by atoms with E-state index in [0.29, 0.717) is 24.7 Å². The number of hydrogen-bond donors (Lipinski definition) is 1. The van der Waals surface area contributed by atoms with E-state index in [2.05, 4.69) is 19.9 Å². The predicted octanol–water partition coefficient (Wildman–Crippen LogP) is 1.05. The minimum absolute atomic E-state index is 0.428. The Morgan fingerprint density at radius 2 is 1.92 bits per heavy atom. The van der Waals surface area contributed by atoms with Crippen molar-refractivity contribution in [1.82, 2.24) is 0 Å². The van der Waals surface area contributed by atoms with Gasteiger partial charge in [0.25, 0.3) is 0 Å². The van der Waals surface area contributed by atoms with Crippen molar-refractivity contribution in [3.63, 3.8) is 0 Å². The molecule has 66 valence electrons. The van der Waals surface area contributed by atoms with Crippen LogP contribution in [0.3, 0.4) is 0 Å². The van der Waals surface area contributed by atoms with Crippen molar-refractivity contribution >= 4 is 5.91 Å². The van der Waals surface area contributed by atoms with E-state index in [1.165, 1.54) is 0 Å². The van der Waals surface area contributed by atoms with E-state index < -0.39 is 11.3 Å². The van der Waals surface area contributed by atoms with Crippen molar-refractivity contribution in [2.75, 3.05) is 0 Å². The van der Waals surface area contributed by atoms with Crippen LogP contribution in [0.2, 0.25) is 0 Å². The van der Waals surface area contributed by atoms with Gasteiger partial charge >= 0.3 is 0 Å². The lowest BCUT2D eigenvalue weighted by Crippen LogP contribution is -2.33. The van der Waals surface area contributed by atoms with Crippen LogP contribution in [0.25, 0.3) is 0 Å². The molecule has 3 nitrogen and oxygen atoms in total. The molecule has 12 heavy (non-hydrogen) atoms. The molecule has 0 heterocycles. The third-order valence-electron chi connectivity index (χ3n) is 3.00. The van der Waals surface area contributed by atoms with Crippen molar-refractivity contribution in [1.29, 1.82) is 5.26 Å². The van der Waals surface area contributed by atoms with E-state index in [-0.39, 0.29) is 0 Å². The standard InChI is InChI=1S/C9H14N2O/c1-6-3-9(5-10,8(11)12)4-7(6)2/h6-7H,3-4H2,1-2H3,(H2,11,12)/t6-,7+,9?. The molecule has 1 amide bonds. The van der Waals surface area contributed by atoms with Crippen molar-refractivity contribution in [2.45, 2.75) is 26.7 Å². The molecule has 0 aromatic heterocycles. The first-order valence-corrected chi connectivity index (χ1v) is 4.23. The van der Waals surface area contributed by atoms with Gasteiger partial charge in [-0.1, -0.05) is 13.8 Å². The Morgan fingerprint density at radius 3 is 2.08 bits per heavy atom. The number of nitrogens with two attached hydrogens (primary N) is 1. The first-order valence-electron chi connectivity index (χ1n) is 4.23. The van der Waals surface area contributed by atoms with Gasteiger partial charge in [0.15, 0.2) is 0 Å². The van der Waals surface area contributed by atoms with Gasteiger partial charge in [0.2, 0.25) is 5.91 Å². The molecule has 0 aliphatic heterocycles. The molecular weight excluding hydrogens is 152 g/mol. The molecule has 0 spiro atoms. The summed E-state index contributed by atoms with van der Waals surface area (Å²) >= 11 is 0. The topological polar surface area (TPSA) is 66.9 Å². The smallest absolute Gasteiger partial charge is 0.237 e. The Hall–Kier alpha value is -1.04. The molecule has 3 heteroatoms. The van der Waals surface area contributed by atoms with Crippen LogP contribution in [0, 0.1) is 28.6 Å². The number of nitriles is 1. The Labute approximate surface area is 72.5 Å². The fourth-order valence-corrected chi connectivity index (χ4v) is 1.93. The highest BCUT2D eigenvalue weighted by Crippen LogP contribution is 2.44. The van der Waals surface area contributed by atoms with E-state index in [4.69, 9.17) is 11.0 Å². The van der Waals surface area contributed by atoms with Gasteiger partial charge in [0, 0.05) is 0 Å². The van der Waals surface area contributed by atoms with Crippen LogP contribution in [-0.2, 0) is 4.79 Å². The number of hydrogen-bond acceptors (Lipinski definition) is 2. The Bertz CT molecular complexity index is 231. The molecule has 1 saturated carbocycles. The molecule has 1 rings (SSSR count). The third-order valence-corrected chi connectivity index (χ3v) is 3.00. The maximum Gasteiger partial charge on any atom is 0.237 e. The summed E-state index contributed by atoms with van der Waals surface area (Å²) in [6.07, 6.45) is 1.25. The van der Waals surface area contributed by atoms with Crippen molar-refractivity contribution < 1.29 is 4.79 Å². The van der Waals surface area contributed by atoms with Gasteiger partial charge in [-0.2, -0.15) is 5.26 Å². The van der Waals surface area contributed by atoms with Crippen LogP contribution in [0.4, 0.5) is 0 Å². The maximum absolute atomic E-state index is 11.0. The summed E-state index contributed by atoms with van der Waals surface area (Å²) in [5, 5.41) is 8.87. The average Bonchev–Trinajstić information content (AvgIpc) is 2.29. The van der Waals surface area contributed by atoms with Gasteiger partial charge in [-0.15, -0.1) is 0 Å². The van der Waals surface area contributed by atoms with Crippen molar-refractivity contribution in [3.05, 3.63) is 0 Å². The molecule has 3 atom stereocenters. The number of nitrogens with zero attached hydrogens (tertiary/aromatic N) is 1. The summed E-state index contributed by atoms with van der Waals surface area (Å²) in [5.41, 5.74) is 4.33. The number of primary amides is 1. The largest absolute Gasteiger partial charge is 0.368 e. The number of carbonyl (C=O) groups is 1. The molecule has 0 aromatic rings. The minimum atomic E-state index is -0.876. The SMILES string of the molecule is C[C@@H]1CC(C#N)(C(N)=O)C[C@@H]1C. The average molecular weight is 166 g/mol. The van der Waals surface area contributed by atoms with Gasteiger partial charge < -0.3 is 5.73 Å². The monoisotopic (exact) mass is 166 g/mol. The fourth-order valence-electron chi connectivity index (χ4n) is 1.93. The zero-order chi connectivity index (χ0) is 9.35. The molecule has 0 aromatic carbocycles. The Balaban J connectivity index is 2.88. The normalized spacial score (nSPS) is 40.8. The third kappa shape index (κ3) is 1.18. The van der Waals surface area contributed by atoms with Crippen molar-refractivity contribution in [2.24, 2.45) is 23.0 Å². The summed E-state index contributed by atoms with van der Waals surface area (Å²) < 4.78 is 0. The molecule has 1 aliphatic rings. The maximum atomic E-state index is 11.0. The first kappa shape index (κ1) is 9.05. The second kappa shape index (κ2) is 2.78. The molecule has 1 unspecified atom stereocenters. The number of carbonyl (C=O) groups excluding carboxylic acids is 1. The van der Waals surface area contributed by atoms with Crippen LogP contribution in [0.5, 0.6) is 0 Å². The summed E-state index contributed by atoms with van der Waals surface area (Å²) in [6, 6.07) is 2.06. The van der Waals surface area contributed by atoms with Gasteiger partial charge in [0.1, 0.15) is 5.41 Å². The van der Waals surface area contributed by atoms with E-state index in [0.717, 1.165) is 0 Å². The Morgan fingerprint density at radius 1 is 1.50 bits per heavy atom. The molecule has 0 bridgehead atoms. The minimum Gasteiger partial charge on any atom is -0.368 e. The van der Waals surface area contributed by atoms with Gasteiger partial charge in [-0.05, 0) is 24.7 Å². The van der Waals surface area contributed by atoms with Crippen LogP contribution < -0.4 is 5.73 Å². The second-order valence-electron chi connectivity index (χ2n) is 3.92. The van der Waals surface area contributed by atoms with E-state index in [9.17, 15) is 4.79 Å². The van der Waals surface area contributed by atoms with Crippen LogP contribution in [-0.4, -0.2) is 5.91 Å². The lowest BCUT2D eigenvalue weighted by molar-refractivity contribution is -0.124. The molecular formula is C9H14N2O. The molecule has 0 radical (unpaired) electrons. The van der Waals surface area contributed by atoms with E-state index in [1.54, 1.807) is 0 Å². The van der Waals surface area contributed by atoms with Crippen molar-refractivity contribution in [3.8, 4) is 6.07 Å². The van der Waals surface area contributed by atoms with Crippen LogP contribution >= 0.6 is 0 Å². The highest BCUT2D eigenvalue weighted by Gasteiger charge is 2.46. The summed E-state index contributed by atoms with van der Waals surface area (Å²) in [7, 11) is 0. The van der Waals surface area contributed by atoms with Crippen LogP contribution in [0.15, 0.2) is 0 Å². The quantitative estimate of drug-likeness (QED) is 0.632. The Kier molecular flexibility index (Phi) is 2.10. The zero-order valence-corrected chi connectivity index (χ0v) is 7.50. The molecule has 2 N–H and O–H groups in total. The fraction of sp³-hybridized carbons (Fsp3) is 0.778. The lowest BCUT2D eigenvalue weighted by atomic mass is 9.86. The highest BCUT2D eigenvalue weighted by molar-refractivity contribution is 5.84. The second-order valence-corrected chi connectivity index (χ2v) is 3.92. The summed E-state index contributed by atoms with van der Waals surface area (Å²) in [5.74, 6) is 0.399. The number of rotatable bonds is 1. The number of amides is 1. The highest BCUT2D eigenvalue weighted by atomic mass is 16.1. The summed E-state index contributed by atoms with van der Waals surface area (Å²) in [4.78, 5) is 11.0. The predicted molar refractivity (Wildman–Crippen MR) is 44.8 cm³/mol. The zero-order valence-electron chi connectivity index (χ0n) is 7.50. The van der Waals surface area contributed by atoms with E-state index >= 15 is 0 Å². The summed E-state index contributed by atoms with van der Waals surface area (Å²) in [6.45, 7) is 4.12. The van der Waals surface area contributed by atoms with Gasteiger partial charge in [-0.3, -0.25) is 4.79 Å². The van der Waals surface area contributed by atoms with Gasteiger partial charge in [0.05, 0.1) is 6.07 Å². The van der Waals surface area contributed by atoms with Crippen LogP contribution in [0.1, 0.15) is 26.7 Å². The molecule has 0 saturated heterocycles. The molecule has 1 aliphatic carbocycles. The lowest BCUT2D eigenvalue weighted by Gasteiger charge is -2.14. The first-order chi connectivity index (χ1) is 5.52. The van der Waals surface area contributed by atoms with E-state index in [1.807, 2.05) is 0 Å². The van der Waals surface area contributed by atoms with Gasteiger partial charge in [-0.25, -0.2) is 0 Å².